The molecule has 4 N–H and O–H groups in total. The van der Waals surface area contributed by atoms with Crippen LogP contribution in [0, 0.1) is 11.6 Å². The number of benzene rings is 1. The van der Waals surface area contributed by atoms with Crippen molar-refractivity contribution in [3.63, 3.8) is 0 Å². The van der Waals surface area contributed by atoms with Crippen molar-refractivity contribution in [1.82, 2.24) is 25.1 Å². The Morgan fingerprint density at radius 2 is 2.15 bits per heavy atom. The van der Waals surface area contributed by atoms with E-state index in [1.807, 2.05) is 0 Å². The van der Waals surface area contributed by atoms with Gasteiger partial charge in [0, 0.05) is 25.8 Å². The second-order valence-electron chi connectivity index (χ2n) is 5.95. The highest BCUT2D eigenvalue weighted by atomic mass is 35.5. The number of hydrogen-bond donors (Lipinski definition) is 3. The molecule has 0 unspecified atom stereocenters. The Bertz CT molecular complexity index is 970. The van der Waals surface area contributed by atoms with Gasteiger partial charge in [0.2, 0.25) is 0 Å². The summed E-state index contributed by atoms with van der Waals surface area (Å²) in [5.74, 6) is -2.38. The van der Waals surface area contributed by atoms with E-state index >= 15 is 0 Å². The number of hydrogen-bond acceptors (Lipinski definition) is 4. The number of nitrogens with one attached hydrogen (secondary N) is 2. The molecule has 0 radical (unpaired) electrons. The molecular formula is C17H17ClF2N6O. The number of halogens is 3. The van der Waals surface area contributed by atoms with Crippen LogP contribution in [0.15, 0.2) is 30.5 Å². The summed E-state index contributed by atoms with van der Waals surface area (Å²) in [5.41, 5.74) is 7.25. The normalized spacial score (nSPS) is 12.2. The van der Waals surface area contributed by atoms with Crippen molar-refractivity contribution in [3.05, 3.63) is 58.6 Å². The van der Waals surface area contributed by atoms with Gasteiger partial charge < -0.3 is 16.0 Å². The Labute approximate surface area is 158 Å². The highest BCUT2D eigenvalue weighted by molar-refractivity contribution is 6.32. The van der Waals surface area contributed by atoms with Crippen LogP contribution in [-0.4, -0.2) is 38.2 Å². The Hall–Kier alpha value is -2.78. The minimum Gasteiger partial charge on any atom is -0.345 e. The molecule has 0 aliphatic rings. The van der Waals surface area contributed by atoms with Gasteiger partial charge in [0.15, 0.2) is 17.5 Å². The Balaban J connectivity index is 1.73. The van der Waals surface area contributed by atoms with E-state index in [1.165, 1.54) is 6.07 Å². The molecule has 0 bridgehead atoms. The molecule has 0 aliphatic carbocycles. The molecular weight excluding hydrogens is 378 g/mol. The lowest BCUT2D eigenvalue weighted by molar-refractivity contribution is 0.0928. The van der Waals surface area contributed by atoms with Gasteiger partial charge in [-0.2, -0.15) is 5.10 Å². The first kappa shape index (κ1) is 19.0. The predicted molar refractivity (Wildman–Crippen MR) is 96.2 cm³/mol. The van der Waals surface area contributed by atoms with Gasteiger partial charge in [-0.05, 0) is 30.2 Å². The molecule has 1 amide bonds. The van der Waals surface area contributed by atoms with E-state index in [2.05, 4.69) is 20.4 Å². The molecule has 1 atom stereocenters. The molecule has 0 spiro atoms. The van der Waals surface area contributed by atoms with Crippen molar-refractivity contribution in [2.24, 2.45) is 12.8 Å². The summed E-state index contributed by atoms with van der Waals surface area (Å²) in [6, 6.07) is 4.78. The lowest BCUT2D eigenvalue weighted by Gasteiger charge is -2.16. The molecule has 10 heteroatoms. The fourth-order valence-corrected chi connectivity index (χ4v) is 2.86. The van der Waals surface area contributed by atoms with Crippen LogP contribution in [-0.2, 0) is 13.5 Å². The first-order valence-electron chi connectivity index (χ1n) is 8.07. The molecule has 142 valence electrons. The smallest absolute Gasteiger partial charge is 0.287 e. The monoisotopic (exact) mass is 394 g/mol. The number of rotatable bonds is 6. The molecule has 3 rings (SSSR count). The van der Waals surface area contributed by atoms with Crippen molar-refractivity contribution >= 4 is 17.5 Å². The minimum absolute atomic E-state index is 0.0138. The van der Waals surface area contributed by atoms with Gasteiger partial charge in [-0.1, -0.05) is 17.7 Å². The largest absolute Gasteiger partial charge is 0.345 e. The predicted octanol–water partition coefficient (Wildman–Crippen LogP) is 2.04. The van der Waals surface area contributed by atoms with Crippen LogP contribution in [0.2, 0.25) is 5.15 Å². The third-order valence-corrected chi connectivity index (χ3v) is 4.30. The highest BCUT2D eigenvalue weighted by Crippen LogP contribution is 2.24. The van der Waals surface area contributed by atoms with Crippen molar-refractivity contribution in [2.45, 2.75) is 12.5 Å². The Morgan fingerprint density at radius 1 is 1.37 bits per heavy atom. The molecule has 2 aromatic heterocycles. The van der Waals surface area contributed by atoms with E-state index < -0.39 is 23.6 Å². The van der Waals surface area contributed by atoms with Crippen LogP contribution < -0.4 is 11.1 Å². The van der Waals surface area contributed by atoms with Crippen LogP contribution in [0.1, 0.15) is 16.2 Å². The van der Waals surface area contributed by atoms with E-state index in [4.69, 9.17) is 17.3 Å². The molecule has 3 aromatic rings. The number of carbonyl (C=O) groups is 1. The first-order chi connectivity index (χ1) is 12.9. The first-order valence-corrected chi connectivity index (χ1v) is 8.45. The van der Waals surface area contributed by atoms with E-state index in [0.717, 1.165) is 12.1 Å². The number of imidazole rings is 1. The second kappa shape index (κ2) is 7.85. The molecule has 1 aromatic carbocycles. The van der Waals surface area contributed by atoms with Gasteiger partial charge in [0.05, 0.1) is 5.69 Å². The van der Waals surface area contributed by atoms with Gasteiger partial charge in [-0.3, -0.25) is 9.48 Å². The summed E-state index contributed by atoms with van der Waals surface area (Å²) < 4.78 is 28.0. The van der Waals surface area contributed by atoms with Gasteiger partial charge in [-0.15, -0.1) is 0 Å². The lowest BCUT2D eigenvalue weighted by atomic mass is 10.1. The highest BCUT2D eigenvalue weighted by Gasteiger charge is 2.20. The third-order valence-electron chi connectivity index (χ3n) is 4.02. The number of amides is 1. The van der Waals surface area contributed by atoms with E-state index in [-0.39, 0.29) is 23.9 Å². The summed E-state index contributed by atoms with van der Waals surface area (Å²) in [4.78, 5) is 19.4. The lowest BCUT2D eigenvalue weighted by Crippen LogP contribution is -2.42. The third kappa shape index (κ3) is 4.15. The van der Waals surface area contributed by atoms with Crippen molar-refractivity contribution in [3.8, 4) is 11.4 Å². The quantitative estimate of drug-likeness (QED) is 0.595. The summed E-state index contributed by atoms with van der Waals surface area (Å²) >= 11 is 6.14. The summed E-state index contributed by atoms with van der Waals surface area (Å²) in [5, 5.41) is 6.95. The molecule has 0 saturated heterocycles. The van der Waals surface area contributed by atoms with E-state index in [9.17, 15) is 13.6 Å². The topological polar surface area (TPSA) is 102 Å². The fourth-order valence-electron chi connectivity index (χ4n) is 2.63. The molecule has 0 saturated carbocycles. The zero-order valence-electron chi connectivity index (χ0n) is 14.3. The van der Waals surface area contributed by atoms with Crippen LogP contribution in [0.3, 0.4) is 0 Å². The Morgan fingerprint density at radius 3 is 2.78 bits per heavy atom. The number of nitrogens with zero attached hydrogens (tertiary/aromatic N) is 3. The number of aromatic nitrogens is 4. The molecule has 7 nitrogen and oxygen atoms in total. The number of nitrogens with two attached hydrogens (primary N) is 1. The Kier molecular flexibility index (Phi) is 5.52. The summed E-state index contributed by atoms with van der Waals surface area (Å²) in [7, 11) is 1.73. The number of carbonyl (C=O) groups excluding carboxylic acids is 1. The number of aryl methyl sites for hydroxylation is 1. The van der Waals surface area contributed by atoms with Crippen LogP contribution in [0.4, 0.5) is 8.78 Å². The maximum atomic E-state index is 13.3. The van der Waals surface area contributed by atoms with E-state index in [1.54, 1.807) is 24.0 Å². The van der Waals surface area contributed by atoms with Gasteiger partial charge in [0.25, 0.3) is 5.91 Å². The van der Waals surface area contributed by atoms with Crippen molar-refractivity contribution in [2.75, 3.05) is 6.54 Å². The van der Waals surface area contributed by atoms with Crippen LogP contribution in [0.5, 0.6) is 0 Å². The molecule has 27 heavy (non-hydrogen) atoms. The standard InChI is InChI=1S/C17H17ClF2N6O/c1-26-13(4-5-22-26)14-15(18)25-16(24-14)17(27)23-10(8-21)6-9-2-3-11(19)12(20)7-9/h2-5,7,10H,6,8,21H2,1H3,(H,23,27)(H,24,25)/t10-/m0/s1. The molecule has 2 heterocycles. The molecule has 0 aliphatic heterocycles. The van der Waals surface area contributed by atoms with Crippen molar-refractivity contribution < 1.29 is 13.6 Å². The fraction of sp³-hybridized carbons (Fsp3) is 0.235. The average Bonchev–Trinajstić information content (AvgIpc) is 3.22. The SMILES string of the molecule is Cn1nccc1-c1nc(C(=O)N[C@H](CN)Cc2ccc(F)c(F)c2)[nH]c1Cl. The van der Waals surface area contributed by atoms with Crippen LogP contribution in [0.25, 0.3) is 11.4 Å². The summed E-state index contributed by atoms with van der Waals surface area (Å²) in [6.07, 6.45) is 1.83. The molecule has 0 fully saturated rings. The number of H-pyrrole nitrogens is 1. The van der Waals surface area contributed by atoms with Crippen LogP contribution >= 0.6 is 11.6 Å². The van der Waals surface area contributed by atoms with E-state index in [0.29, 0.717) is 17.0 Å². The van der Waals surface area contributed by atoms with Gasteiger partial charge in [-0.25, -0.2) is 13.8 Å². The maximum absolute atomic E-state index is 13.3. The zero-order chi connectivity index (χ0) is 19.6. The second-order valence-corrected chi connectivity index (χ2v) is 6.32. The summed E-state index contributed by atoms with van der Waals surface area (Å²) in [6.45, 7) is 0.105. The maximum Gasteiger partial charge on any atom is 0.287 e. The number of aromatic amines is 1. The van der Waals surface area contributed by atoms with Crippen molar-refractivity contribution in [1.29, 1.82) is 0 Å². The minimum atomic E-state index is -0.951. The zero-order valence-corrected chi connectivity index (χ0v) is 15.1. The van der Waals surface area contributed by atoms with Gasteiger partial charge >= 0.3 is 0 Å². The average molecular weight is 395 g/mol. The van der Waals surface area contributed by atoms with Gasteiger partial charge in [0.1, 0.15) is 10.8 Å².